The summed E-state index contributed by atoms with van der Waals surface area (Å²) in [6.45, 7) is 4.00. The van der Waals surface area contributed by atoms with E-state index in [1.807, 2.05) is 13.8 Å². The first kappa shape index (κ1) is 13.0. The van der Waals surface area contributed by atoms with Gasteiger partial charge in [0.25, 0.3) is 0 Å². The molecule has 0 saturated heterocycles. The fourth-order valence-corrected chi connectivity index (χ4v) is 0.873. The number of carbonyl (C=O) groups is 1. The summed E-state index contributed by atoms with van der Waals surface area (Å²) >= 11 is 0. The minimum atomic E-state index is -1.52. The minimum Gasteiger partial charge on any atom is -0.477 e. The highest BCUT2D eigenvalue weighted by Crippen LogP contribution is 2.21. The van der Waals surface area contributed by atoms with Gasteiger partial charge in [0.2, 0.25) is 5.82 Å². The molecule has 15 heavy (non-hydrogen) atoms. The summed E-state index contributed by atoms with van der Waals surface area (Å²) < 4.78 is 12.8. The number of rotatable bonds is 2. The lowest BCUT2D eigenvalue weighted by atomic mass is 10.2. The molecule has 82 valence electrons. The topological polar surface area (TPSA) is 80.4 Å². The molecular weight excluding hydrogens is 205 g/mol. The fraction of sp³-hybridized carbons (Fsp3) is 0.222. The third kappa shape index (κ3) is 3.01. The van der Waals surface area contributed by atoms with Crippen LogP contribution in [0.5, 0.6) is 0 Å². The second-order valence-electron chi connectivity index (χ2n) is 2.20. The van der Waals surface area contributed by atoms with Gasteiger partial charge < -0.3 is 5.11 Å². The minimum absolute atomic E-state index is 0.648. The summed E-state index contributed by atoms with van der Waals surface area (Å²) in [6, 6.07) is 2.92. The third-order valence-corrected chi connectivity index (χ3v) is 1.40. The number of halogens is 1. The summed E-state index contributed by atoms with van der Waals surface area (Å²) in [7, 11) is 0. The summed E-state index contributed by atoms with van der Waals surface area (Å²) in [5.74, 6) is -2.67. The van der Waals surface area contributed by atoms with E-state index >= 15 is 0 Å². The van der Waals surface area contributed by atoms with Crippen molar-refractivity contribution in [3.63, 3.8) is 0 Å². The zero-order valence-electron chi connectivity index (χ0n) is 8.23. The van der Waals surface area contributed by atoms with E-state index in [4.69, 9.17) is 5.11 Å². The molecular formula is C9H10FNO4. The van der Waals surface area contributed by atoms with Crippen molar-refractivity contribution in [2.45, 2.75) is 13.8 Å². The largest absolute Gasteiger partial charge is 0.477 e. The van der Waals surface area contributed by atoms with E-state index in [-0.39, 0.29) is 0 Å². The average Bonchev–Trinajstić information content (AvgIpc) is 2.19. The smallest absolute Gasteiger partial charge is 0.342 e. The van der Waals surface area contributed by atoms with Crippen LogP contribution in [0.25, 0.3) is 0 Å². The molecule has 0 aliphatic rings. The summed E-state index contributed by atoms with van der Waals surface area (Å²) in [5.41, 5.74) is -1.65. The molecule has 0 aliphatic carbocycles. The van der Waals surface area contributed by atoms with Crippen molar-refractivity contribution in [2.24, 2.45) is 0 Å². The molecule has 0 amide bonds. The summed E-state index contributed by atoms with van der Waals surface area (Å²) in [4.78, 5) is 19.6. The van der Waals surface area contributed by atoms with E-state index in [2.05, 4.69) is 0 Å². The van der Waals surface area contributed by atoms with Gasteiger partial charge in [0.1, 0.15) is 5.56 Å². The van der Waals surface area contributed by atoms with Crippen molar-refractivity contribution in [3.05, 3.63) is 39.7 Å². The number of nitro groups is 1. The molecule has 0 aliphatic heterocycles. The van der Waals surface area contributed by atoms with Gasteiger partial charge in [0.15, 0.2) is 0 Å². The Morgan fingerprint density at radius 2 is 2.00 bits per heavy atom. The molecule has 0 fully saturated rings. The predicted octanol–water partition coefficient (Wildman–Crippen LogP) is 2.46. The molecule has 1 N–H and O–H groups in total. The number of para-hydroxylation sites is 1. The summed E-state index contributed by atoms with van der Waals surface area (Å²) in [6.07, 6.45) is 0. The monoisotopic (exact) mass is 215 g/mol. The van der Waals surface area contributed by atoms with Gasteiger partial charge >= 0.3 is 11.7 Å². The van der Waals surface area contributed by atoms with Crippen LogP contribution in [0.2, 0.25) is 0 Å². The molecule has 5 nitrogen and oxygen atoms in total. The lowest BCUT2D eigenvalue weighted by Gasteiger charge is -1.97. The Labute approximate surface area is 85.3 Å². The number of benzene rings is 1. The zero-order valence-corrected chi connectivity index (χ0v) is 8.23. The van der Waals surface area contributed by atoms with E-state index in [9.17, 15) is 19.3 Å². The van der Waals surface area contributed by atoms with Gasteiger partial charge in [-0.25, -0.2) is 4.79 Å². The van der Waals surface area contributed by atoms with Crippen LogP contribution < -0.4 is 0 Å². The van der Waals surface area contributed by atoms with Crippen molar-refractivity contribution in [3.8, 4) is 0 Å². The molecule has 0 spiro atoms. The number of aromatic carboxylic acids is 1. The molecule has 0 heterocycles. The normalized spacial score (nSPS) is 8.73. The van der Waals surface area contributed by atoms with Crippen LogP contribution in [0.3, 0.4) is 0 Å². The molecule has 0 saturated carbocycles. The van der Waals surface area contributed by atoms with Crippen LogP contribution in [-0.2, 0) is 0 Å². The summed E-state index contributed by atoms with van der Waals surface area (Å²) in [5, 5.41) is 18.7. The molecule has 0 radical (unpaired) electrons. The first-order valence-corrected chi connectivity index (χ1v) is 4.20. The van der Waals surface area contributed by atoms with Gasteiger partial charge in [-0.15, -0.1) is 0 Å². The lowest BCUT2D eigenvalue weighted by molar-refractivity contribution is -0.387. The Balaban J connectivity index is 0.000000921. The van der Waals surface area contributed by atoms with Crippen molar-refractivity contribution in [2.75, 3.05) is 0 Å². The van der Waals surface area contributed by atoms with Crippen LogP contribution in [0, 0.1) is 15.9 Å². The number of hydrogen-bond donors (Lipinski definition) is 1. The third-order valence-electron chi connectivity index (χ3n) is 1.40. The molecule has 6 heteroatoms. The molecule has 0 bridgehead atoms. The van der Waals surface area contributed by atoms with Gasteiger partial charge in [-0.05, 0) is 12.1 Å². The predicted molar refractivity (Wildman–Crippen MR) is 51.4 cm³/mol. The number of nitrogens with zero attached hydrogens (tertiary/aromatic N) is 1. The Morgan fingerprint density at radius 1 is 1.47 bits per heavy atom. The van der Waals surface area contributed by atoms with Crippen LogP contribution >= 0.6 is 0 Å². The fourth-order valence-electron chi connectivity index (χ4n) is 0.873. The van der Waals surface area contributed by atoms with Crippen LogP contribution in [0.4, 0.5) is 10.1 Å². The Hall–Kier alpha value is -1.98. The maximum atomic E-state index is 12.8. The van der Waals surface area contributed by atoms with Gasteiger partial charge in [0, 0.05) is 0 Å². The highest BCUT2D eigenvalue weighted by atomic mass is 19.1. The lowest BCUT2D eigenvalue weighted by Crippen LogP contribution is -2.04. The molecule has 1 rings (SSSR count). The first-order valence-electron chi connectivity index (χ1n) is 4.20. The van der Waals surface area contributed by atoms with Crippen molar-refractivity contribution in [1.29, 1.82) is 0 Å². The molecule has 0 unspecified atom stereocenters. The quantitative estimate of drug-likeness (QED) is 0.606. The molecule has 1 aromatic carbocycles. The highest BCUT2D eigenvalue weighted by molar-refractivity contribution is 5.92. The van der Waals surface area contributed by atoms with Crippen molar-refractivity contribution in [1.82, 2.24) is 0 Å². The van der Waals surface area contributed by atoms with Crippen LogP contribution in [-0.4, -0.2) is 16.0 Å². The van der Waals surface area contributed by atoms with E-state index in [1.54, 1.807) is 0 Å². The Kier molecular flexibility index (Phi) is 4.94. The van der Waals surface area contributed by atoms with E-state index in [0.29, 0.717) is 0 Å². The average molecular weight is 215 g/mol. The standard InChI is InChI=1S/C7H4FNO4.C2H6/c8-5-3-1-2-4(7(10)11)6(5)9(12)13;1-2/h1-3H,(H,10,11);1-2H3. The van der Waals surface area contributed by atoms with Crippen molar-refractivity contribution < 1.29 is 19.2 Å². The molecule has 1 aromatic rings. The molecule has 0 atom stereocenters. The number of nitro benzene ring substituents is 1. The number of hydrogen-bond acceptors (Lipinski definition) is 3. The maximum absolute atomic E-state index is 12.8. The van der Waals surface area contributed by atoms with Crippen LogP contribution in [0.1, 0.15) is 24.2 Å². The Morgan fingerprint density at radius 3 is 2.33 bits per heavy atom. The van der Waals surface area contributed by atoms with Gasteiger partial charge in [-0.2, -0.15) is 4.39 Å². The van der Waals surface area contributed by atoms with E-state index in [1.165, 1.54) is 0 Å². The maximum Gasteiger partial charge on any atom is 0.342 e. The molecule has 0 aromatic heterocycles. The van der Waals surface area contributed by atoms with Gasteiger partial charge in [-0.1, -0.05) is 19.9 Å². The Bertz CT molecular complexity index is 378. The van der Waals surface area contributed by atoms with Gasteiger partial charge in [0.05, 0.1) is 4.92 Å². The number of carboxylic acid groups (broad SMARTS) is 1. The zero-order chi connectivity index (χ0) is 12.0. The van der Waals surface area contributed by atoms with Crippen molar-refractivity contribution >= 4 is 11.7 Å². The second kappa shape index (κ2) is 5.69. The van der Waals surface area contributed by atoms with E-state index in [0.717, 1.165) is 18.2 Å². The van der Waals surface area contributed by atoms with E-state index < -0.39 is 28.0 Å². The first-order chi connectivity index (χ1) is 7.04. The second-order valence-corrected chi connectivity index (χ2v) is 2.20. The SMILES string of the molecule is CC.O=C(O)c1cccc(F)c1[N+](=O)[O-]. The van der Waals surface area contributed by atoms with Crippen LogP contribution in [0.15, 0.2) is 18.2 Å². The number of carboxylic acids is 1. The van der Waals surface area contributed by atoms with Gasteiger partial charge in [-0.3, -0.25) is 10.1 Å². The highest BCUT2D eigenvalue weighted by Gasteiger charge is 2.23.